The molecule has 0 aliphatic heterocycles. The summed E-state index contributed by atoms with van der Waals surface area (Å²) in [7, 11) is 0. The molecule has 18 heavy (non-hydrogen) atoms. The number of nitrogens with zero attached hydrogens (tertiary/aromatic N) is 1. The van der Waals surface area contributed by atoms with Gasteiger partial charge in [-0.05, 0) is 40.9 Å². The third-order valence-corrected chi connectivity index (χ3v) is 3.86. The van der Waals surface area contributed by atoms with Crippen molar-refractivity contribution in [1.29, 1.82) is 0 Å². The van der Waals surface area contributed by atoms with Crippen LogP contribution in [0.15, 0.2) is 22.9 Å². The Hall–Kier alpha value is -0.900. The molecule has 1 aliphatic rings. The molecule has 1 heterocycles. The summed E-state index contributed by atoms with van der Waals surface area (Å²) in [6.07, 6.45) is 10.3. The number of rotatable bonds is 2. The highest BCUT2D eigenvalue weighted by atomic mass is 79.9. The Balaban J connectivity index is 1.93. The second-order valence-corrected chi connectivity index (χ2v) is 5.70. The van der Waals surface area contributed by atoms with Crippen LogP contribution in [0.5, 0.6) is 0 Å². The van der Waals surface area contributed by atoms with Crippen LogP contribution in [-0.4, -0.2) is 16.9 Å². The van der Waals surface area contributed by atoms with Crippen molar-refractivity contribution in [1.82, 2.24) is 10.3 Å². The molecule has 4 heteroatoms. The maximum Gasteiger partial charge on any atom is 0.251 e. The van der Waals surface area contributed by atoms with E-state index in [1.807, 2.05) is 0 Å². The highest BCUT2D eigenvalue weighted by molar-refractivity contribution is 9.10. The lowest BCUT2D eigenvalue weighted by molar-refractivity contribution is 0.0930. The minimum absolute atomic E-state index is 0.0173. The van der Waals surface area contributed by atoms with Crippen LogP contribution in [0.4, 0.5) is 0 Å². The van der Waals surface area contributed by atoms with Crippen molar-refractivity contribution in [2.24, 2.45) is 0 Å². The molecular formula is C14H19BrN2O. The first-order valence-corrected chi connectivity index (χ1v) is 7.47. The molecule has 1 amide bonds. The van der Waals surface area contributed by atoms with E-state index in [4.69, 9.17) is 0 Å². The van der Waals surface area contributed by atoms with Crippen molar-refractivity contribution in [3.8, 4) is 0 Å². The van der Waals surface area contributed by atoms with Gasteiger partial charge in [0.2, 0.25) is 0 Å². The Morgan fingerprint density at radius 2 is 1.89 bits per heavy atom. The smallest absolute Gasteiger partial charge is 0.251 e. The molecule has 0 radical (unpaired) electrons. The topological polar surface area (TPSA) is 42.0 Å². The monoisotopic (exact) mass is 310 g/mol. The zero-order valence-corrected chi connectivity index (χ0v) is 12.1. The quantitative estimate of drug-likeness (QED) is 0.847. The van der Waals surface area contributed by atoms with Crippen LogP contribution >= 0.6 is 15.9 Å². The van der Waals surface area contributed by atoms with Gasteiger partial charge in [-0.3, -0.25) is 4.79 Å². The van der Waals surface area contributed by atoms with Crippen LogP contribution in [0.2, 0.25) is 0 Å². The maximum atomic E-state index is 12.1. The van der Waals surface area contributed by atoms with E-state index in [0.29, 0.717) is 16.2 Å². The molecule has 1 N–H and O–H groups in total. The molecule has 0 saturated heterocycles. The third kappa shape index (κ3) is 4.09. The number of nitrogens with one attached hydrogen (secondary N) is 1. The number of carbonyl (C=O) groups is 1. The molecule has 0 aromatic carbocycles. The molecule has 2 rings (SSSR count). The van der Waals surface area contributed by atoms with Crippen LogP contribution in [0.25, 0.3) is 0 Å². The van der Waals surface area contributed by atoms with Crippen molar-refractivity contribution in [3.63, 3.8) is 0 Å². The van der Waals surface area contributed by atoms with Gasteiger partial charge in [-0.2, -0.15) is 0 Å². The molecule has 1 aromatic heterocycles. The van der Waals surface area contributed by atoms with Gasteiger partial charge in [0.1, 0.15) is 4.60 Å². The highest BCUT2D eigenvalue weighted by Gasteiger charge is 2.15. The number of pyridine rings is 1. The Kier molecular flexibility index (Phi) is 5.17. The minimum Gasteiger partial charge on any atom is -0.349 e. The van der Waals surface area contributed by atoms with Gasteiger partial charge in [0.15, 0.2) is 0 Å². The number of amides is 1. The first-order chi connectivity index (χ1) is 8.75. The molecule has 1 aliphatic carbocycles. The summed E-state index contributed by atoms with van der Waals surface area (Å²) in [5.74, 6) is 0.0173. The van der Waals surface area contributed by atoms with Crippen LogP contribution < -0.4 is 5.32 Å². The summed E-state index contributed by atoms with van der Waals surface area (Å²) in [6, 6.07) is 3.85. The molecule has 0 spiro atoms. The molecule has 98 valence electrons. The van der Waals surface area contributed by atoms with E-state index < -0.39 is 0 Å². The van der Waals surface area contributed by atoms with Gasteiger partial charge in [0.25, 0.3) is 5.91 Å². The van der Waals surface area contributed by atoms with Gasteiger partial charge in [-0.25, -0.2) is 4.98 Å². The predicted molar refractivity (Wildman–Crippen MR) is 75.5 cm³/mol. The van der Waals surface area contributed by atoms with Crippen LogP contribution in [0.1, 0.15) is 55.3 Å². The van der Waals surface area contributed by atoms with Gasteiger partial charge in [0, 0.05) is 17.8 Å². The summed E-state index contributed by atoms with van der Waals surface area (Å²) >= 11 is 3.29. The maximum absolute atomic E-state index is 12.1. The SMILES string of the molecule is O=C(NC1CCCCCCC1)c1ccnc(Br)c1. The zero-order chi connectivity index (χ0) is 12.8. The van der Waals surface area contributed by atoms with Crippen molar-refractivity contribution >= 4 is 21.8 Å². The van der Waals surface area contributed by atoms with Crippen molar-refractivity contribution in [2.45, 2.75) is 51.0 Å². The van der Waals surface area contributed by atoms with E-state index in [0.717, 1.165) is 12.8 Å². The zero-order valence-electron chi connectivity index (χ0n) is 10.5. The standard InChI is InChI=1S/C14H19BrN2O/c15-13-10-11(8-9-16-13)14(18)17-12-6-4-2-1-3-5-7-12/h8-10,12H,1-7H2,(H,17,18). The predicted octanol–water partition coefficient (Wildman–Crippen LogP) is 3.69. The van der Waals surface area contributed by atoms with E-state index in [-0.39, 0.29) is 5.91 Å². The Labute approximate surface area is 117 Å². The van der Waals surface area contributed by atoms with Crippen molar-refractivity contribution in [3.05, 3.63) is 28.5 Å². The molecule has 1 fully saturated rings. The average molecular weight is 311 g/mol. The summed E-state index contributed by atoms with van der Waals surface area (Å²) in [6.45, 7) is 0. The molecule has 1 saturated carbocycles. The Morgan fingerprint density at radius 3 is 2.56 bits per heavy atom. The van der Waals surface area contributed by atoms with Crippen LogP contribution in [0.3, 0.4) is 0 Å². The molecule has 3 nitrogen and oxygen atoms in total. The largest absolute Gasteiger partial charge is 0.349 e. The number of aromatic nitrogens is 1. The van der Waals surface area contributed by atoms with Gasteiger partial charge in [-0.15, -0.1) is 0 Å². The highest BCUT2D eigenvalue weighted by Crippen LogP contribution is 2.17. The fourth-order valence-electron chi connectivity index (χ4n) is 2.41. The summed E-state index contributed by atoms with van der Waals surface area (Å²) in [5, 5.41) is 3.14. The fraction of sp³-hybridized carbons (Fsp3) is 0.571. The molecule has 1 aromatic rings. The van der Waals surface area contributed by atoms with Gasteiger partial charge >= 0.3 is 0 Å². The second-order valence-electron chi connectivity index (χ2n) is 4.88. The first kappa shape index (κ1) is 13.5. The third-order valence-electron chi connectivity index (χ3n) is 3.43. The summed E-state index contributed by atoms with van der Waals surface area (Å²) in [5.41, 5.74) is 0.680. The Morgan fingerprint density at radius 1 is 1.22 bits per heavy atom. The number of hydrogen-bond donors (Lipinski definition) is 1. The molecule has 0 bridgehead atoms. The number of carbonyl (C=O) groups excluding carboxylic acids is 1. The van der Waals surface area contributed by atoms with Crippen LogP contribution in [-0.2, 0) is 0 Å². The van der Waals surface area contributed by atoms with E-state index in [1.54, 1.807) is 18.3 Å². The molecule has 0 atom stereocenters. The van der Waals surface area contributed by atoms with E-state index in [9.17, 15) is 4.79 Å². The van der Waals surface area contributed by atoms with E-state index in [1.165, 1.54) is 32.1 Å². The van der Waals surface area contributed by atoms with Crippen molar-refractivity contribution < 1.29 is 4.79 Å². The minimum atomic E-state index is 0.0173. The summed E-state index contributed by atoms with van der Waals surface area (Å²) < 4.78 is 0.702. The van der Waals surface area contributed by atoms with Gasteiger partial charge < -0.3 is 5.32 Å². The normalized spacial score (nSPS) is 17.8. The van der Waals surface area contributed by atoms with Gasteiger partial charge in [-0.1, -0.05) is 32.1 Å². The second kappa shape index (κ2) is 6.88. The van der Waals surface area contributed by atoms with Crippen molar-refractivity contribution in [2.75, 3.05) is 0 Å². The lowest BCUT2D eigenvalue weighted by Crippen LogP contribution is -2.35. The summed E-state index contributed by atoms with van der Waals surface area (Å²) in [4.78, 5) is 16.1. The number of halogens is 1. The Bertz CT molecular complexity index is 401. The van der Waals surface area contributed by atoms with Gasteiger partial charge in [0.05, 0.1) is 0 Å². The van der Waals surface area contributed by atoms with E-state index in [2.05, 4.69) is 26.2 Å². The number of hydrogen-bond acceptors (Lipinski definition) is 2. The lowest BCUT2D eigenvalue weighted by Gasteiger charge is -2.21. The average Bonchev–Trinajstić information content (AvgIpc) is 2.32. The first-order valence-electron chi connectivity index (χ1n) is 6.68. The lowest BCUT2D eigenvalue weighted by atomic mass is 9.96. The molecule has 0 unspecified atom stereocenters. The molecular weight excluding hydrogens is 292 g/mol. The fourth-order valence-corrected chi connectivity index (χ4v) is 2.78. The van der Waals surface area contributed by atoms with E-state index >= 15 is 0 Å². The van der Waals surface area contributed by atoms with Crippen LogP contribution in [0, 0.1) is 0 Å².